The number of rotatable bonds is 6. The molecule has 6 heteroatoms. The smallest absolute Gasteiger partial charge is 0.166 e. The second-order valence-corrected chi connectivity index (χ2v) is 16.0. The Morgan fingerprint density at radius 2 is 0.397 bits per heavy atom. The third-order valence-electron chi connectivity index (χ3n) is 12.5. The Morgan fingerprint density at radius 3 is 0.635 bits per heavy atom. The molecule has 6 nitrogen and oxygen atoms in total. The minimum Gasteiger partial charge on any atom is -0.309 e. The van der Waals surface area contributed by atoms with E-state index in [2.05, 4.69) is 232 Å². The number of benzene rings is 9. The van der Waals surface area contributed by atoms with Gasteiger partial charge in [-0.2, -0.15) is 0 Å². The molecule has 294 valence electrons. The van der Waals surface area contributed by atoms with Crippen molar-refractivity contribution in [1.29, 1.82) is 0 Å². The predicted molar refractivity (Wildman–Crippen MR) is 259 cm³/mol. The summed E-state index contributed by atoms with van der Waals surface area (Å²) in [6.07, 6.45) is 0. The summed E-state index contributed by atoms with van der Waals surface area (Å²) in [7, 11) is 0. The van der Waals surface area contributed by atoms with E-state index in [0.717, 1.165) is 66.9 Å². The maximum Gasteiger partial charge on any atom is 0.166 e. The van der Waals surface area contributed by atoms with E-state index in [4.69, 9.17) is 15.0 Å². The standard InChI is InChI=1S/C57H36N6/c1-10-28-46-37(19-1)38-20-2-11-29-47(38)61(46)52-34-16-7-25-43(52)55-58-56(44-26-8-17-35-53(44)62-48-30-12-3-21-39(48)40-22-4-13-31-49(40)62)60-57(59-55)45-27-9-18-36-54(45)63-50-32-14-5-23-41(50)42-24-6-15-33-51(42)63/h1-36H. The Kier molecular flexibility index (Phi) is 7.80. The van der Waals surface area contributed by atoms with Gasteiger partial charge in [-0.3, -0.25) is 0 Å². The van der Waals surface area contributed by atoms with Crippen molar-refractivity contribution in [1.82, 2.24) is 28.7 Å². The van der Waals surface area contributed by atoms with Gasteiger partial charge in [-0.15, -0.1) is 0 Å². The van der Waals surface area contributed by atoms with Crippen LogP contribution in [0.2, 0.25) is 0 Å². The van der Waals surface area contributed by atoms with Gasteiger partial charge in [0.05, 0.1) is 50.2 Å². The lowest BCUT2D eigenvalue weighted by Gasteiger charge is -2.17. The molecule has 13 aromatic rings. The molecule has 4 aromatic heterocycles. The molecule has 0 amide bonds. The first kappa shape index (κ1) is 35.2. The summed E-state index contributed by atoms with van der Waals surface area (Å²) in [5, 5.41) is 7.17. The third kappa shape index (κ3) is 5.35. The van der Waals surface area contributed by atoms with Crippen LogP contribution in [0.3, 0.4) is 0 Å². The van der Waals surface area contributed by atoms with Crippen LogP contribution < -0.4 is 0 Å². The van der Waals surface area contributed by atoms with E-state index >= 15 is 0 Å². The first-order valence-electron chi connectivity index (χ1n) is 21.3. The third-order valence-corrected chi connectivity index (χ3v) is 12.5. The molecule has 0 aliphatic rings. The summed E-state index contributed by atoms with van der Waals surface area (Å²) in [6, 6.07) is 77.2. The van der Waals surface area contributed by atoms with Crippen LogP contribution in [-0.2, 0) is 0 Å². The molecule has 0 N–H and O–H groups in total. The molecule has 0 fully saturated rings. The van der Waals surface area contributed by atoms with Gasteiger partial charge >= 0.3 is 0 Å². The predicted octanol–water partition coefficient (Wildman–Crippen LogP) is 14.2. The van der Waals surface area contributed by atoms with Gasteiger partial charge < -0.3 is 13.7 Å². The van der Waals surface area contributed by atoms with E-state index in [0.29, 0.717) is 17.5 Å². The lowest BCUT2D eigenvalue weighted by atomic mass is 10.1. The van der Waals surface area contributed by atoms with Crippen LogP contribution in [0.25, 0.3) is 117 Å². The average molecular weight is 805 g/mol. The average Bonchev–Trinajstić information content (AvgIpc) is 4.00. The molecule has 13 rings (SSSR count). The minimum absolute atomic E-state index is 0.585. The van der Waals surface area contributed by atoms with E-state index in [1.807, 2.05) is 0 Å². The Labute approximate surface area is 362 Å². The quantitative estimate of drug-likeness (QED) is 0.168. The van der Waals surface area contributed by atoms with Crippen LogP contribution in [0.15, 0.2) is 218 Å². The molecule has 63 heavy (non-hydrogen) atoms. The molecule has 0 aliphatic carbocycles. The summed E-state index contributed by atoms with van der Waals surface area (Å²) in [5.74, 6) is 1.75. The summed E-state index contributed by atoms with van der Waals surface area (Å²) >= 11 is 0. The number of para-hydroxylation sites is 9. The van der Waals surface area contributed by atoms with Gasteiger partial charge in [0, 0.05) is 49.0 Å². The van der Waals surface area contributed by atoms with Crippen LogP contribution in [0.1, 0.15) is 0 Å². The van der Waals surface area contributed by atoms with Crippen molar-refractivity contribution in [3.63, 3.8) is 0 Å². The minimum atomic E-state index is 0.585. The van der Waals surface area contributed by atoms with Crippen molar-refractivity contribution < 1.29 is 0 Å². The molecule has 0 saturated heterocycles. The highest BCUT2D eigenvalue weighted by atomic mass is 15.1. The fraction of sp³-hybridized carbons (Fsp3) is 0. The Hall–Kier alpha value is -8.61. The molecule has 0 atom stereocenters. The van der Waals surface area contributed by atoms with Gasteiger partial charge in [-0.05, 0) is 72.8 Å². The van der Waals surface area contributed by atoms with Crippen LogP contribution in [0.5, 0.6) is 0 Å². The molecule has 0 aliphatic heterocycles. The van der Waals surface area contributed by atoms with E-state index in [1.165, 1.54) is 32.3 Å². The summed E-state index contributed by atoms with van der Waals surface area (Å²) in [5.41, 5.74) is 12.4. The van der Waals surface area contributed by atoms with Crippen molar-refractivity contribution in [3.8, 4) is 51.2 Å². The molecule has 0 radical (unpaired) electrons. The number of fused-ring (bicyclic) bond motifs is 9. The maximum absolute atomic E-state index is 5.50. The largest absolute Gasteiger partial charge is 0.309 e. The summed E-state index contributed by atoms with van der Waals surface area (Å²) in [6.45, 7) is 0. The Balaban J connectivity index is 1.11. The first-order chi connectivity index (χ1) is 31.3. The van der Waals surface area contributed by atoms with Gasteiger partial charge in [0.2, 0.25) is 0 Å². The highest BCUT2D eigenvalue weighted by Gasteiger charge is 2.23. The highest BCUT2D eigenvalue weighted by molar-refractivity contribution is 6.12. The van der Waals surface area contributed by atoms with Gasteiger partial charge in [0.1, 0.15) is 0 Å². The zero-order valence-corrected chi connectivity index (χ0v) is 34.0. The SMILES string of the molecule is c1ccc(-n2c3ccccc3c3ccccc32)c(-c2nc(-c3ccccc3-n3c4ccccc4c4ccccc43)nc(-c3ccccc3-n3c4ccccc4c4ccccc43)n2)c1. The first-order valence-corrected chi connectivity index (χ1v) is 21.3. The molecule has 0 bridgehead atoms. The fourth-order valence-electron chi connectivity index (χ4n) is 9.86. The summed E-state index contributed by atoms with van der Waals surface area (Å²) in [4.78, 5) is 16.5. The molecule has 0 spiro atoms. The lowest BCUT2D eigenvalue weighted by molar-refractivity contribution is 1.05. The van der Waals surface area contributed by atoms with Crippen molar-refractivity contribution in [2.45, 2.75) is 0 Å². The second-order valence-electron chi connectivity index (χ2n) is 16.0. The summed E-state index contributed by atoms with van der Waals surface area (Å²) < 4.78 is 7.05. The molecule has 4 heterocycles. The zero-order valence-electron chi connectivity index (χ0n) is 34.0. The number of hydrogen-bond donors (Lipinski definition) is 0. The van der Waals surface area contributed by atoms with Gasteiger partial charge in [-0.25, -0.2) is 15.0 Å². The van der Waals surface area contributed by atoms with E-state index < -0.39 is 0 Å². The normalized spacial score (nSPS) is 11.8. The van der Waals surface area contributed by atoms with Crippen LogP contribution in [0.4, 0.5) is 0 Å². The Morgan fingerprint density at radius 1 is 0.206 bits per heavy atom. The number of aromatic nitrogens is 6. The van der Waals surface area contributed by atoms with E-state index in [-0.39, 0.29) is 0 Å². The highest BCUT2D eigenvalue weighted by Crippen LogP contribution is 2.40. The van der Waals surface area contributed by atoms with Gasteiger partial charge in [-0.1, -0.05) is 146 Å². The van der Waals surface area contributed by atoms with E-state index in [9.17, 15) is 0 Å². The molecular formula is C57H36N6. The zero-order chi connectivity index (χ0) is 41.4. The Bertz CT molecular complexity index is 3360. The van der Waals surface area contributed by atoms with Gasteiger partial charge in [0.25, 0.3) is 0 Å². The molecule has 0 unspecified atom stereocenters. The maximum atomic E-state index is 5.50. The van der Waals surface area contributed by atoms with Crippen LogP contribution >= 0.6 is 0 Å². The monoisotopic (exact) mass is 804 g/mol. The van der Waals surface area contributed by atoms with Crippen LogP contribution in [-0.4, -0.2) is 28.7 Å². The van der Waals surface area contributed by atoms with E-state index in [1.54, 1.807) is 0 Å². The molecule has 0 saturated carbocycles. The number of hydrogen-bond acceptors (Lipinski definition) is 3. The molecule has 9 aromatic carbocycles. The molecular weight excluding hydrogens is 769 g/mol. The van der Waals surface area contributed by atoms with Crippen molar-refractivity contribution in [2.75, 3.05) is 0 Å². The lowest BCUT2D eigenvalue weighted by Crippen LogP contribution is -2.06. The fourth-order valence-corrected chi connectivity index (χ4v) is 9.86. The van der Waals surface area contributed by atoms with Gasteiger partial charge in [0.15, 0.2) is 17.5 Å². The second kappa shape index (κ2) is 14.0. The number of nitrogens with zero attached hydrogens (tertiary/aromatic N) is 6. The topological polar surface area (TPSA) is 53.5 Å². The van der Waals surface area contributed by atoms with Crippen molar-refractivity contribution >= 4 is 65.4 Å². The van der Waals surface area contributed by atoms with Crippen molar-refractivity contribution in [3.05, 3.63) is 218 Å². The van der Waals surface area contributed by atoms with Crippen LogP contribution in [0, 0.1) is 0 Å². The van der Waals surface area contributed by atoms with Crippen molar-refractivity contribution in [2.24, 2.45) is 0 Å².